The van der Waals surface area contributed by atoms with E-state index in [4.69, 9.17) is 4.74 Å². The summed E-state index contributed by atoms with van der Waals surface area (Å²) in [7, 11) is 0. The van der Waals surface area contributed by atoms with Gasteiger partial charge in [-0.15, -0.1) is 0 Å². The molecule has 8 nitrogen and oxygen atoms in total. The van der Waals surface area contributed by atoms with Crippen LogP contribution in [0.2, 0.25) is 0 Å². The zero-order valence-electron chi connectivity index (χ0n) is 23.3. The number of fused-ring (bicyclic) bond motifs is 3. The fourth-order valence-corrected chi connectivity index (χ4v) is 8.07. The van der Waals surface area contributed by atoms with Gasteiger partial charge in [0.1, 0.15) is 18.2 Å². The molecule has 3 amide bonds. The molecular weight excluding hydrogens is 554 g/mol. The number of carbonyl (C=O) groups excluding carboxylic acids is 3. The number of hydrogen-bond acceptors (Lipinski definition) is 5. The summed E-state index contributed by atoms with van der Waals surface area (Å²) in [6.45, 7) is 1.21. The first-order chi connectivity index (χ1) is 20.7. The zero-order chi connectivity index (χ0) is 29.6. The van der Waals surface area contributed by atoms with E-state index in [1.807, 2.05) is 36.4 Å². The van der Waals surface area contributed by atoms with Crippen LogP contribution in [-0.4, -0.2) is 54.5 Å². The van der Waals surface area contributed by atoms with Gasteiger partial charge in [-0.2, -0.15) is 0 Å². The minimum atomic E-state index is -0.813. The molecule has 3 spiro atoms. The first-order valence-electron chi connectivity index (χ1n) is 14.6. The molecule has 220 valence electrons. The van der Waals surface area contributed by atoms with Crippen molar-refractivity contribution in [3.63, 3.8) is 0 Å². The van der Waals surface area contributed by atoms with E-state index in [-0.39, 0.29) is 30.3 Å². The van der Waals surface area contributed by atoms with Crippen LogP contribution in [-0.2, 0) is 37.4 Å². The molecule has 3 fully saturated rings. The number of rotatable bonds is 4. The third kappa shape index (κ3) is 4.03. The van der Waals surface area contributed by atoms with Crippen molar-refractivity contribution >= 4 is 29.1 Å². The van der Waals surface area contributed by atoms with E-state index in [1.54, 1.807) is 6.07 Å². The highest BCUT2D eigenvalue weighted by Gasteiger charge is 2.64. The molecule has 3 aromatic carbocycles. The van der Waals surface area contributed by atoms with E-state index in [0.29, 0.717) is 50.1 Å². The molecule has 5 aliphatic rings. The van der Waals surface area contributed by atoms with Crippen molar-refractivity contribution in [1.29, 1.82) is 0 Å². The van der Waals surface area contributed by atoms with Crippen LogP contribution in [0.15, 0.2) is 60.7 Å². The van der Waals surface area contributed by atoms with Gasteiger partial charge < -0.3 is 25.6 Å². The minimum Gasteiger partial charge on any atom is -0.380 e. The normalized spacial score (nSPS) is 25.7. The number of nitrogens with one attached hydrogen (secondary N) is 3. The standard InChI is InChI=1S/C33H30F2N4O4/c34-22-7-20(8-23(35)10-22)27-13-36-33(15-31(16-33)17-43-18-31)30(42)39(27)14-28(40)37-24-6-5-19-11-32(12-21(19)9-24)25-3-1-2-4-26(25)38-29(32)41/h1-10,27,36H,11-18H2,(H,37,40)(H,38,41). The van der Waals surface area contributed by atoms with Gasteiger partial charge in [0.25, 0.3) is 0 Å². The molecule has 3 N–H and O–H groups in total. The molecule has 10 heteroatoms. The number of hydrogen-bond donors (Lipinski definition) is 3. The van der Waals surface area contributed by atoms with Crippen LogP contribution in [0.4, 0.5) is 20.2 Å². The molecule has 0 bridgehead atoms. The number of para-hydroxylation sites is 1. The smallest absolute Gasteiger partial charge is 0.244 e. The molecular formula is C33H30F2N4O4. The average molecular weight is 585 g/mol. The predicted molar refractivity (Wildman–Crippen MR) is 153 cm³/mol. The van der Waals surface area contributed by atoms with E-state index >= 15 is 0 Å². The van der Waals surface area contributed by atoms with Crippen molar-refractivity contribution in [2.24, 2.45) is 5.41 Å². The number of anilines is 2. The lowest BCUT2D eigenvalue weighted by atomic mass is 9.55. The Labute approximate surface area is 246 Å². The SMILES string of the molecule is O=C(CN1C(=O)C2(CC3(COC3)C2)NCC1c1cc(F)cc(F)c1)Nc1ccc2c(c1)CC1(C2)C(=O)Nc2ccccc21. The van der Waals surface area contributed by atoms with E-state index in [9.17, 15) is 23.2 Å². The number of benzene rings is 3. The highest BCUT2D eigenvalue weighted by atomic mass is 19.1. The number of piperazine rings is 1. The van der Waals surface area contributed by atoms with Crippen LogP contribution in [0.3, 0.4) is 0 Å². The van der Waals surface area contributed by atoms with Crippen molar-refractivity contribution in [3.8, 4) is 0 Å². The number of amides is 3. The summed E-state index contributed by atoms with van der Waals surface area (Å²) in [5.74, 6) is -2.16. The second-order valence-electron chi connectivity index (χ2n) is 12.9. The fourth-order valence-electron chi connectivity index (χ4n) is 8.07. The highest BCUT2D eigenvalue weighted by molar-refractivity contribution is 6.07. The maximum Gasteiger partial charge on any atom is 0.244 e. The molecule has 3 aromatic rings. The van der Waals surface area contributed by atoms with Crippen molar-refractivity contribution in [2.45, 2.75) is 42.7 Å². The van der Waals surface area contributed by atoms with E-state index in [2.05, 4.69) is 16.0 Å². The van der Waals surface area contributed by atoms with E-state index in [0.717, 1.165) is 28.4 Å². The Hall–Kier alpha value is -4.15. The summed E-state index contributed by atoms with van der Waals surface area (Å²) in [5.41, 5.74) is 3.21. The van der Waals surface area contributed by atoms with Gasteiger partial charge in [-0.25, -0.2) is 8.78 Å². The third-order valence-electron chi connectivity index (χ3n) is 10.0. The Morgan fingerprint density at radius 1 is 0.977 bits per heavy atom. The minimum absolute atomic E-state index is 0.0206. The monoisotopic (exact) mass is 584 g/mol. The van der Waals surface area contributed by atoms with Gasteiger partial charge in [0, 0.05) is 29.4 Å². The van der Waals surface area contributed by atoms with Crippen LogP contribution >= 0.6 is 0 Å². The molecule has 8 rings (SSSR count). The molecule has 2 unspecified atom stereocenters. The van der Waals surface area contributed by atoms with Gasteiger partial charge in [-0.1, -0.05) is 24.3 Å². The number of ether oxygens (including phenoxy) is 1. The summed E-state index contributed by atoms with van der Waals surface area (Å²) in [6.07, 6.45) is 2.30. The summed E-state index contributed by atoms with van der Waals surface area (Å²) >= 11 is 0. The Morgan fingerprint density at radius 3 is 2.47 bits per heavy atom. The lowest BCUT2D eigenvalue weighted by molar-refractivity contribution is -0.207. The lowest BCUT2D eigenvalue weighted by Gasteiger charge is -2.62. The second kappa shape index (κ2) is 9.17. The molecule has 3 heterocycles. The summed E-state index contributed by atoms with van der Waals surface area (Å²) in [6, 6.07) is 15.9. The fraction of sp³-hybridized carbons (Fsp3) is 0.364. The van der Waals surface area contributed by atoms with Crippen LogP contribution < -0.4 is 16.0 Å². The number of carbonyl (C=O) groups is 3. The highest BCUT2D eigenvalue weighted by Crippen LogP contribution is 2.55. The second-order valence-corrected chi connectivity index (χ2v) is 12.9. The number of nitrogens with zero attached hydrogens (tertiary/aromatic N) is 1. The van der Waals surface area contributed by atoms with Gasteiger partial charge in [-0.05, 0) is 78.3 Å². The topological polar surface area (TPSA) is 99.8 Å². The largest absolute Gasteiger partial charge is 0.380 e. The molecule has 0 radical (unpaired) electrons. The number of halogens is 2. The van der Waals surface area contributed by atoms with Crippen molar-refractivity contribution in [2.75, 3.05) is 36.9 Å². The average Bonchev–Trinajstić information content (AvgIpc) is 3.44. The summed E-state index contributed by atoms with van der Waals surface area (Å²) in [4.78, 5) is 42.0. The van der Waals surface area contributed by atoms with Crippen LogP contribution in [0, 0.1) is 17.0 Å². The molecule has 2 saturated heterocycles. The van der Waals surface area contributed by atoms with E-state index in [1.165, 1.54) is 17.0 Å². The molecule has 0 aromatic heterocycles. The van der Waals surface area contributed by atoms with Gasteiger partial charge in [0.2, 0.25) is 17.7 Å². The molecule has 1 saturated carbocycles. The lowest BCUT2D eigenvalue weighted by Crippen LogP contribution is -2.76. The summed E-state index contributed by atoms with van der Waals surface area (Å²) < 4.78 is 33.8. The first-order valence-corrected chi connectivity index (χ1v) is 14.6. The van der Waals surface area contributed by atoms with Gasteiger partial charge in [-0.3, -0.25) is 14.4 Å². The maximum absolute atomic E-state index is 14.2. The predicted octanol–water partition coefficient (Wildman–Crippen LogP) is 3.61. The molecule has 43 heavy (non-hydrogen) atoms. The van der Waals surface area contributed by atoms with Crippen molar-refractivity contribution in [1.82, 2.24) is 10.2 Å². The van der Waals surface area contributed by atoms with Gasteiger partial charge in [0.15, 0.2) is 0 Å². The molecule has 3 aliphatic heterocycles. The van der Waals surface area contributed by atoms with Crippen LogP contribution in [0.1, 0.15) is 41.1 Å². The molecule has 2 atom stereocenters. The van der Waals surface area contributed by atoms with Gasteiger partial charge >= 0.3 is 0 Å². The van der Waals surface area contributed by atoms with Gasteiger partial charge in [0.05, 0.1) is 30.2 Å². The Kier molecular flexibility index (Phi) is 5.65. The molecule has 2 aliphatic carbocycles. The first kappa shape index (κ1) is 26.5. The Balaban J connectivity index is 1.03. The van der Waals surface area contributed by atoms with Crippen LogP contribution in [0.25, 0.3) is 0 Å². The summed E-state index contributed by atoms with van der Waals surface area (Å²) in [5, 5.41) is 9.29. The Morgan fingerprint density at radius 2 is 1.72 bits per heavy atom. The quantitative estimate of drug-likeness (QED) is 0.435. The van der Waals surface area contributed by atoms with Crippen molar-refractivity contribution in [3.05, 3.63) is 94.6 Å². The maximum atomic E-state index is 14.2. The van der Waals surface area contributed by atoms with E-state index < -0.39 is 34.5 Å². The zero-order valence-corrected chi connectivity index (χ0v) is 23.3. The van der Waals surface area contributed by atoms with Crippen molar-refractivity contribution < 1.29 is 27.9 Å². The Bertz CT molecular complexity index is 1690. The van der Waals surface area contributed by atoms with Crippen LogP contribution in [0.5, 0.6) is 0 Å². The third-order valence-corrected chi connectivity index (χ3v) is 10.0.